The molecule has 1 heterocycles. The predicted octanol–water partition coefficient (Wildman–Crippen LogP) is 3.09. The first-order chi connectivity index (χ1) is 9.28. The zero-order valence-corrected chi connectivity index (χ0v) is 11.4. The van der Waals surface area contributed by atoms with Crippen LogP contribution in [0.1, 0.15) is 24.5 Å². The molecule has 2 aromatic rings. The van der Waals surface area contributed by atoms with Gasteiger partial charge in [-0.3, -0.25) is 0 Å². The molecule has 0 amide bonds. The largest absolute Gasteiger partial charge is 0.310 e. The summed E-state index contributed by atoms with van der Waals surface area (Å²) in [4.78, 5) is 0. The molecule has 0 fully saturated rings. The van der Waals surface area contributed by atoms with Crippen molar-refractivity contribution in [2.75, 3.05) is 0 Å². The second-order valence-corrected chi connectivity index (χ2v) is 4.82. The van der Waals surface area contributed by atoms with Crippen LogP contribution in [0.4, 0.5) is 0 Å². The summed E-state index contributed by atoms with van der Waals surface area (Å²) >= 11 is 0. The standard InChI is InChI=1S/C16H21N3/c1-3-19-13-16(12-18-19)11-17-14(2)9-10-15-7-5-4-6-8-15/h3-8,12-14,17H,1,9-11H2,2H3. The Balaban J connectivity index is 1.72. The Hall–Kier alpha value is -1.87. The summed E-state index contributed by atoms with van der Waals surface area (Å²) in [7, 11) is 0. The lowest BCUT2D eigenvalue weighted by Gasteiger charge is -2.12. The quantitative estimate of drug-likeness (QED) is 0.824. The third-order valence-corrected chi connectivity index (χ3v) is 3.21. The maximum Gasteiger partial charge on any atom is 0.0538 e. The number of hydrogen-bond donors (Lipinski definition) is 1. The molecule has 0 bridgehead atoms. The third kappa shape index (κ3) is 4.38. The van der Waals surface area contributed by atoms with Crippen LogP contribution in [0, 0.1) is 0 Å². The molecule has 2 rings (SSSR count). The van der Waals surface area contributed by atoms with E-state index in [1.807, 2.05) is 12.4 Å². The molecule has 0 aliphatic rings. The van der Waals surface area contributed by atoms with Crippen molar-refractivity contribution in [3.8, 4) is 0 Å². The first-order valence-electron chi connectivity index (χ1n) is 6.71. The van der Waals surface area contributed by atoms with Crippen LogP contribution in [0.3, 0.4) is 0 Å². The summed E-state index contributed by atoms with van der Waals surface area (Å²) in [6.07, 6.45) is 7.81. The first-order valence-corrected chi connectivity index (χ1v) is 6.71. The molecule has 0 spiro atoms. The zero-order valence-electron chi connectivity index (χ0n) is 11.4. The molecule has 0 saturated heterocycles. The van der Waals surface area contributed by atoms with Crippen molar-refractivity contribution in [2.24, 2.45) is 0 Å². The van der Waals surface area contributed by atoms with Crippen molar-refractivity contribution in [1.29, 1.82) is 0 Å². The van der Waals surface area contributed by atoms with Crippen molar-refractivity contribution in [3.63, 3.8) is 0 Å². The molecule has 100 valence electrons. The Labute approximate surface area is 115 Å². The summed E-state index contributed by atoms with van der Waals surface area (Å²) in [5.41, 5.74) is 2.59. The van der Waals surface area contributed by atoms with Crippen molar-refractivity contribution < 1.29 is 0 Å². The molecular formula is C16H21N3. The van der Waals surface area contributed by atoms with Crippen LogP contribution in [-0.2, 0) is 13.0 Å². The number of benzene rings is 1. The Kier molecular flexibility index (Phi) is 4.93. The fourth-order valence-electron chi connectivity index (χ4n) is 1.99. The van der Waals surface area contributed by atoms with E-state index in [1.165, 1.54) is 11.1 Å². The molecule has 1 atom stereocenters. The minimum Gasteiger partial charge on any atom is -0.310 e. The van der Waals surface area contributed by atoms with E-state index in [0.29, 0.717) is 6.04 Å². The van der Waals surface area contributed by atoms with E-state index < -0.39 is 0 Å². The SMILES string of the molecule is C=Cn1cc(CNC(C)CCc2ccccc2)cn1. The van der Waals surface area contributed by atoms with E-state index >= 15 is 0 Å². The monoisotopic (exact) mass is 255 g/mol. The number of hydrogen-bond acceptors (Lipinski definition) is 2. The van der Waals surface area contributed by atoms with E-state index in [-0.39, 0.29) is 0 Å². The van der Waals surface area contributed by atoms with E-state index in [0.717, 1.165) is 19.4 Å². The molecule has 3 heteroatoms. The summed E-state index contributed by atoms with van der Waals surface area (Å²) in [5, 5.41) is 7.68. The Morgan fingerprint density at radius 3 is 2.79 bits per heavy atom. The average Bonchev–Trinajstić information content (AvgIpc) is 2.92. The topological polar surface area (TPSA) is 29.9 Å². The van der Waals surface area contributed by atoms with Gasteiger partial charge in [0.25, 0.3) is 0 Å². The highest BCUT2D eigenvalue weighted by Crippen LogP contribution is 2.05. The highest BCUT2D eigenvalue weighted by Gasteiger charge is 2.03. The van der Waals surface area contributed by atoms with Crippen molar-refractivity contribution in [1.82, 2.24) is 15.1 Å². The van der Waals surface area contributed by atoms with Gasteiger partial charge in [-0.25, -0.2) is 4.68 Å². The lowest BCUT2D eigenvalue weighted by atomic mass is 10.1. The van der Waals surface area contributed by atoms with Crippen molar-refractivity contribution in [2.45, 2.75) is 32.4 Å². The van der Waals surface area contributed by atoms with Gasteiger partial charge >= 0.3 is 0 Å². The fourth-order valence-corrected chi connectivity index (χ4v) is 1.99. The van der Waals surface area contributed by atoms with Gasteiger partial charge in [-0.15, -0.1) is 0 Å². The highest BCUT2D eigenvalue weighted by molar-refractivity contribution is 5.17. The van der Waals surface area contributed by atoms with E-state index in [1.54, 1.807) is 10.9 Å². The van der Waals surface area contributed by atoms with Gasteiger partial charge < -0.3 is 5.32 Å². The number of aromatic nitrogens is 2. The number of nitrogens with zero attached hydrogens (tertiary/aromatic N) is 2. The van der Waals surface area contributed by atoms with E-state index in [4.69, 9.17) is 0 Å². The molecule has 1 N–H and O–H groups in total. The van der Waals surface area contributed by atoms with Gasteiger partial charge in [0.2, 0.25) is 0 Å². The van der Waals surface area contributed by atoms with Crippen LogP contribution < -0.4 is 5.32 Å². The molecule has 1 unspecified atom stereocenters. The lowest BCUT2D eigenvalue weighted by molar-refractivity contribution is 0.514. The number of nitrogens with one attached hydrogen (secondary N) is 1. The molecule has 0 saturated carbocycles. The van der Waals surface area contributed by atoms with Crippen LogP contribution in [0.15, 0.2) is 49.3 Å². The van der Waals surface area contributed by atoms with E-state index in [2.05, 4.69) is 54.2 Å². The first kappa shape index (κ1) is 13.6. The van der Waals surface area contributed by atoms with Gasteiger partial charge in [-0.2, -0.15) is 5.10 Å². The van der Waals surface area contributed by atoms with Gasteiger partial charge in [0, 0.05) is 30.5 Å². The molecule has 1 aromatic heterocycles. The number of aryl methyl sites for hydroxylation is 1. The van der Waals surface area contributed by atoms with Gasteiger partial charge in [0.05, 0.1) is 6.20 Å². The number of rotatable bonds is 7. The summed E-state index contributed by atoms with van der Waals surface area (Å²) in [6, 6.07) is 11.1. The van der Waals surface area contributed by atoms with E-state index in [9.17, 15) is 0 Å². The molecule has 0 aliphatic carbocycles. The Bertz CT molecular complexity index is 502. The molecule has 1 aromatic carbocycles. The summed E-state index contributed by atoms with van der Waals surface area (Å²) < 4.78 is 1.73. The normalized spacial score (nSPS) is 12.3. The highest BCUT2D eigenvalue weighted by atomic mass is 15.2. The fraction of sp³-hybridized carbons (Fsp3) is 0.312. The average molecular weight is 255 g/mol. The zero-order chi connectivity index (χ0) is 13.5. The third-order valence-electron chi connectivity index (χ3n) is 3.21. The summed E-state index contributed by atoms with van der Waals surface area (Å²) in [5.74, 6) is 0. The van der Waals surface area contributed by atoms with Crippen LogP contribution in [0.2, 0.25) is 0 Å². The molecule has 0 radical (unpaired) electrons. The minimum absolute atomic E-state index is 0.493. The van der Waals surface area contributed by atoms with Gasteiger partial charge in [-0.1, -0.05) is 36.9 Å². The summed E-state index contributed by atoms with van der Waals surface area (Å²) in [6.45, 7) is 6.76. The van der Waals surface area contributed by atoms with Gasteiger partial charge in [-0.05, 0) is 25.3 Å². The molecule has 19 heavy (non-hydrogen) atoms. The lowest BCUT2D eigenvalue weighted by Crippen LogP contribution is -2.25. The van der Waals surface area contributed by atoms with Crippen LogP contribution in [-0.4, -0.2) is 15.8 Å². The second kappa shape index (κ2) is 6.90. The van der Waals surface area contributed by atoms with Gasteiger partial charge in [0.15, 0.2) is 0 Å². The Morgan fingerprint density at radius 1 is 1.32 bits per heavy atom. The van der Waals surface area contributed by atoms with Crippen molar-refractivity contribution in [3.05, 3.63) is 60.4 Å². The maximum absolute atomic E-state index is 4.16. The van der Waals surface area contributed by atoms with Crippen LogP contribution in [0.5, 0.6) is 0 Å². The van der Waals surface area contributed by atoms with Gasteiger partial charge in [0.1, 0.15) is 0 Å². The molecule has 3 nitrogen and oxygen atoms in total. The maximum atomic E-state index is 4.16. The Morgan fingerprint density at radius 2 is 2.11 bits per heavy atom. The van der Waals surface area contributed by atoms with Crippen LogP contribution >= 0.6 is 0 Å². The second-order valence-electron chi connectivity index (χ2n) is 4.82. The minimum atomic E-state index is 0.493. The smallest absolute Gasteiger partial charge is 0.0538 e. The van der Waals surface area contributed by atoms with Crippen molar-refractivity contribution >= 4 is 6.20 Å². The molecule has 0 aliphatic heterocycles. The predicted molar refractivity (Wildman–Crippen MR) is 79.7 cm³/mol. The molecular weight excluding hydrogens is 234 g/mol. The van der Waals surface area contributed by atoms with Crippen LogP contribution in [0.25, 0.3) is 6.20 Å².